The lowest BCUT2D eigenvalue weighted by atomic mass is 9.98. The number of fused-ring (bicyclic) bond motifs is 1. The van der Waals surface area contributed by atoms with Gasteiger partial charge in [0.05, 0.1) is 15.9 Å². The second kappa shape index (κ2) is 3.85. The van der Waals surface area contributed by atoms with Gasteiger partial charge in [-0.15, -0.1) is 0 Å². The lowest BCUT2D eigenvalue weighted by molar-refractivity contribution is 0.236. The largest absolute Gasteiger partial charge is 0.349 e. The summed E-state index contributed by atoms with van der Waals surface area (Å²) in [5.41, 5.74) is 0.944. The standard InChI is InChI=1S/C14H15ClFN3/c15-10-2-1-3-11-12(10)13(18-17-11)19-7-4-9(16)8-14(19)5-6-14/h1-3,9H,4-8H2,(H,17,18). The first kappa shape index (κ1) is 11.5. The first-order valence-electron chi connectivity index (χ1n) is 6.74. The highest BCUT2D eigenvalue weighted by Gasteiger charge is 2.52. The fourth-order valence-corrected chi connectivity index (χ4v) is 3.55. The SMILES string of the molecule is FC1CCN(c2n[nH]c3cccc(Cl)c23)C2(CC2)C1. The van der Waals surface area contributed by atoms with Gasteiger partial charge in [0.25, 0.3) is 0 Å². The minimum absolute atomic E-state index is 0.00103. The van der Waals surface area contributed by atoms with Crippen molar-refractivity contribution < 1.29 is 4.39 Å². The maximum Gasteiger partial charge on any atom is 0.160 e. The number of anilines is 1. The van der Waals surface area contributed by atoms with Crippen molar-refractivity contribution in [1.82, 2.24) is 10.2 Å². The van der Waals surface area contributed by atoms with Crippen LogP contribution in [0.4, 0.5) is 10.2 Å². The molecule has 1 aromatic carbocycles. The summed E-state index contributed by atoms with van der Waals surface area (Å²) in [5, 5.41) is 9.14. The summed E-state index contributed by atoms with van der Waals surface area (Å²) in [6.45, 7) is 0.729. The number of rotatable bonds is 1. The zero-order valence-electron chi connectivity index (χ0n) is 10.5. The van der Waals surface area contributed by atoms with Crippen molar-refractivity contribution in [3.05, 3.63) is 23.2 Å². The number of alkyl halides is 1. The van der Waals surface area contributed by atoms with Crippen molar-refractivity contribution >= 4 is 28.3 Å². The predicted molar refractivity (Wildman–Crippen MR) is 74.5 cm³/mol. The molecule has 4 rings (SSSR count). The molecule has 5 heteroatoms. The van der Waals surface area contributed by atoms with Crippen LogP contribution in [0, 0.1) is 0 Å². The van der Waals surface area contributed by atoms with Crippen LogP contribution in [0.3, 0.4) is 0 Å². The Bertz CT molecular complexity index is 635. The second-order valence-corrected chi connectivity index (χ2v) is 6.08. The Morgan fingerprint density at radius 2 is 2.26 bits per heavy atom. The van der Waals surface area contributed by atoms with Crippen LogP contribution in [-0.2, 0) is 0 Å². The molecule has 3 nitrogen and oxygen atoms in total. The van der Waals surface area contributed by atoms with Gasteiger partial charge in [-0.3, -0.25) is 5.10 Å². The summed E-state index contributed by atoms with van der Waals surface area (Å²) in [4.78, 5) is 2.27. The van der Waals surface area contributed by atoms with Gasteiger partial charge in [0.2, 0.25) is 0 Å². The fraction of sp³-hybridized carbons (Fsp3) is 0.500. The van der Waals surface area contributed by atoms with E-state index in [4.69, 9.17) is 11.6 Å². The highest BCUT2D eigenvalue weighted by atomic mass is 35.5. The van der Waals surface area contributed by atoms with E-state index in [-0.39, 0.29) is 5.54 Å². The molecule has 1 aliphatic heterocycles. The average molecular weight is 280 g/mol. The number of nitrogens with zero attached hydrogens (tertiary/aromatic N) is 2. The highest BCUT2D eigenvalue weighted by molar-refractivity contribution is 6.36. The van der Waals surface area contributed by atoms with E-state index in [2.05, 4.69) is 15.1 Å². The average Bonchev–Trinajstić information content (AvgIpc) is 3.00. The van der Waals surface area contributed by atoms with E-state index in [9.17, 15) is 4.39 Å². The van der Waals surface area contributed by atoms with Gasteiger partial charge in [-0.1, -0.05) is 17.7 Å². The molecule has 1 saturated carbocycles. The van der Waals surface area contributed by atoms with Gasteiger partial charge in [0.15, 0.2) is 5.82 Å². The van der Waals surface area contributed by atoms with E-state index >= 15 is 0 Å². The minimum Gasteiger partial charge on any atom is -0.349 e. The van der Waals surface area contributed by atoms with E-state index in [1.807, 2.05) is 18.2 Å². The Labute approximate surface area is 115 Å². The number of aromatic nitrogens is 2. The van der Waals surface area contributed by atoms with Crippen molar-refractivity contribution in [3.8, 4) is 0 Å². The molecule has 1 aromatic heterocycles. The number of halogens is 2. The van der Waals surface area contributed by atoms with Crippen LogP contribution >= 0.6 is 11.6 Å². The molecule has 1 atom stereocenters. The molecule has 1 spiro atoms. The van der Waals surface area contributed by atoms with Crippen LogP contribution < -0.4 is 4.90 Å². The monoisotopic (exact) mass is 279 g/mol. The van der Waals surface area contributed by atoms with E-state index < -0.39 is 6.17 Å². The van der Waals surface area contributed by atoms with Crippen molar-refractivity contribution in [3.63, 3.8) is 0 Å². The van der Waals surface area contributed by atoms with E-state index in [0.29, 0.717) is 17.9 Å². The lowest BCUT2D eigenvalue weighted by Crippen LogP contribution is -2.45. The molecule has 1 saturated heterocycles. The normalized spacial score (nSPS) is 25.2. The number of nitrogens with one attached hydrogen (secondary N) is 1. The van der Waals surface area contributed by atoms with Crippen LogP contribution in [0.15, 0.2) is 18.2 Å². The van der Waals surface area contributed by atoms with Crippen LogP contribution in [0.5, 0.6) is 0 Å². The summed E-state index contributed by atoms with van der Waals surface area (Å²) < 4.78 is 13.6. The molecule has 2 aromatic rings. The Morgan fingerprint density at radius 3 is 3.05 bits per heavy atom. The van der Waals surface area contributed by atoms with Crippen LogP contribution in [0.1, 0.15) is 25.7 Å². The molecule has 100 valence electrons. The molecule has 2 fully saturated rings. The molecule has 1 aliphatic carbocycles. The third-order valence-corrected chi connectivity index (χ3v) is 4.76. The molecule has 0 bridgehead atoms. The minimum atomic E-state index is -0.667. The molecule has 1 N–H and O–H groups in total. The third kappa shape index (κ3) is 1.66. The summed E-state index contributed by atoms with van der Waals surface area (Å²) in [7, 11) is 0. The number of aromatic amines is 1. The quantitative estimate of drug-likeness (QED) is 0.863. The topological polar surface area (TPSA) is 31.9 Å². The maximum atomic E-state index is 13.6. The Kier molecular flexibility index (Phi) is 2.34. The zero-order chi connectivity index (χ0) is 13.0. The fourth-order valence-electron chi connectivity index (χ4n) is 3.29. The van der Waals surface area contributed by atoms with Gasteiger partial charge in [-0.2, -0.15) is 5.10 Å². The first-order chi connectivity index (χ1) is 9.20. The summed E-state index contributed by atoms with van der Waals surface area (Å²) >= 11 is 6.30. The number of H-pyrrole nitrogens is 1. The summed E-state index contributed by atoms with van der Waals surface area (Å²) in [5.74, 6) is 0.894. The Morgan fingerprint density at radius 1 is 1.42 bits per heavy atom. The maximum absolute atomic E-state index is 13.6. The smallest absolute Gasteiger partial charge is 0.160 e. The number of benzene rings is 1. The van der Waals surface area contributed by atoms with Crippen molar-refractivity contribution in [2.75, 3.05) is 11.4 Å². The van der Waals surface area contributed by atoms with Crippen molar-refractivity contribution in [2.24, 2.45) is 0 Å². The Hall–Kier alpha value is -1.29. The highest BCUT2D eigenvalue weighted by Crippen LogP contribution is 2.51. The van der Waals surface area contributed by atoms with E-state index in [1.165, 1.54) is 0 Å². The zero-order valence-corrected chi connectivity index (χ0v) is 11.3. The molecule has 0 amide bonds. The number of hydrogen-bond donors (Lipinski definition) is 1. The van der Waals surface area contributed by atoms with E-state index in [0.717, 1.165) is 36.1 Å². The first-order valence-corrected chi connectivity index (χ1v) is 7.12. The van der Waals surface area contributed by atoms with Crippen molar-refractivity contribution in [1.29, 1.82) is 0 Å². The molecule has 2 aliphatic rings. The number of piperidine rings is 1. The molecule has 0 radical (unpaired) electrons. The van der Waals surface area contributed by atoms with Crippen LogP contribution in [0.2, 0.25) is 5.02 Å². The molecular weight excluding hydrogens is 265 g/mol. The van der Waals surface area contributed by atoms with Gasteiger partial charge < -0.3 is 4.90 Å². The molecule has 1 unspecified atom stereocenters. The molecular formula is C14H15ClFN3. The Balaban J connectivity index is 1.82. The predicted octanol–water partition coefficient (Wildman–Crippen LogP) is 3.69. The van der Waals surface area contributed by atoms with Crippen LogP contribution in [0.25, 0.3) is 10.9 Å². The van der Waals surface area contributed by atoms with Crippen LogP contribution in [-0.4, -0.2) is 28.5 Å². The van der Waals surface area contributed by atoms with Gasteiger partial charge in [-0.25, -0.2) is 4.39 Å². The second-order valence-electron chi connectivity index (χ2n) is 5.68. The molecule has 2 heterocycles. The summed E-state index contributed by atoms with van der Waals surface area (Å²) in [6, 6.07) is 5.76. The lowest BCUT2D eigenvalue weighted by Gasteiger charge is -2.38. The molecule has 19 heavy (non-hydrogen) atoms. The van der Waals surface area contributed by atoms with E-state index in [1.54, 1.807) is 0 Å². The van der Waals surface area contributed by atoms with Gasteiger partial charge >= 0.3 is 0 Å². The van der Waals surface area contributed by atoms with Gasteiger partial charge in [0, 0.05) is 18.5 Å². The third-order valence-electron chi connectivity index (χ3n) is 4.44. The van der Waals surface area contributed by atoms with Crippen molar-refractivity contribution in [2.45, 2.75) is 37.4 Å². The van der Waals surface area contributed by atoms with Gasteiger partial charge in [0.1, 0.15) is 6.17 Å². The van der Waals surface area contributed by atoms with Gasteiger partial charge in [-0.05, 0) is 31.4 Å². The summed E-state index contributed by atoms with van der Waals surface area (Å²) in [6.07, 6.45) is 2.67. The number of hydrogen-bond acceptors (Lipinski definition) is 2.